The van der Waals surface area contributed by atoms with E-state index < -0.39 is 0 Å². The van der Waals surface area contributed by atoms with Crippen LogP contribution in [0, 0.1) is 6.92 Å². The van der Waals surface area contributed by atoms with Gasteiger partial charge in [0.25, 0.3) is 0 Å². The molecule has 0 spiro atoms. The van der Waals surface area contributed by atoms with E-state index in [1.165, 1.54) is 11.1 Å². The molecule has 1 heterocycles. The van der Waals surface area contributed by atoms with Crippen LogP contribution in [0.25, 0.3) is 0 Å². The Morgan fingerprint density at radius 2 is 2.00 bits per heavy atom. The van der Waals surface area contributed by atoms with Gasteiger partial charge in [0.1, 0.15) is 12.4 Å². The molecular formula is C21H27IN4O2. The van der Waals surface area contributed by atoms with Crippen LogP contribution in [-0.2, 0) is 17.8 Å². The number of anilines is 1. The third kappa shape index (κ3) is 6.12. The fraction of sp³-hybridized carbons (Fsp3) is 0.333. The Morgan fingerprint density at radius 1 is 1.18 bits per heavy atom. The number of ether oxygens (including phenoxy) is 1. The first-order chi connectivity index (χ1) is 13.2. The fourth-order valence-electron chi connectivity index (χ4n) is 3.00. The molecule has 0 bridgehead atoms. The molecule has 2 aromatic carbocycles. The predicted octanol–water partition coefficient (Wildman–Crippen LogP) is 3.24. The number of nitrogens with one attached hydrogen (secondary N) is 3. The highest BCUT2D eigenvalue weighted by Crippen LogP contribution is 2.26. The van der Waals surface area contributed by atoms with Gasteiger partial charge in [0, 0.05) is 25.7 Å². The Kier molecular flexibility index (Phi) is 8.56. The van der Waals surface area contributed by atoms with Gasteiger partial charge in [-0.2, -0.15) is 0 Å². The van der Waals surface area contributed by atoms with Crippen molar-refractivity contribution in [2.75, 3.05) is 25.5 Å². The van der Waals surface area contributed by atoms with Crippen LogP contribution in [0.4, 0.5) is 5.69 Å². The standard InChI is InChI=1S/C21H26N4O2.HI/c1-15-5-3-4-6-17(15)14-24-21(22-2)23-11-12-27-18-8-9-19-16(13-18)7-10-20(26)25-19;/h3-6,8-9,13H,7,10-12,14H2,1-2H3,(H,25,26)(H2,22,23,24);1H. The minimum Gasteiger partial charge on any atom is -0.492 e. The number of benzene rings is 2. The number of amides is 1. The lowest BCUT2D eigenvalue weighted by Gasteiger charge is -2.18. The van der Waals surface area contributed by atoms with E-state index in [4.69, 9.17) is 4.74 Å². The predicted molar refractivity (Wildman–Crippen MR) is 124 cm³/mol. The minimum absolute atomic E-state index is 0. The molecule has 1 aliphatic heterocycles. The van der Waals surface area contributed by atoms with Crippen molar-refractivity contribution in [2.24, 2.45) is 4.99 Å². The Balaban J connectivity index is 0.00000280. The number of rotatable bonds is 6. The third-order valence-electron chi connectivity index (χ3n) is 4.57. The van der Waals surface area contributed by atoms with E-state index in [1.54, 1.807) is 7.05 Å². The van der Waals surface area contributed by atoms with Crippen molar-refractivity contribution in [3.63, 3.8) is 0 Å². The molecule has 0 saturated heterocycles. The number of carbonyl (C=O) groups excluding carboxylic acids is 1. The molecule has 0 fully saturated rings. The lowest BCUT2D eigenvalue weighted by molar-refractivity contribution is -0.116. The monoisotopic (exact) mass is 494 g/mol. The van der Waals surface area contributed by atoms with Crippen LogP contribution in [0.15, 0.2) is 47.5 Å². The first kappa shape index (κ1) is 22.0. The smallest absolute Gasteiger partial charge is 0.224 e. The zero-order valence-electron chi connectivity index (χ0n) is 16.2. The second-order valence-electron chi connectivity index (χ2n) is 6.49. The summed E-state index contributed by atoms with van der Waals surface area (Å²) < 4.78 is 5.82. The first-order valence-electron chi connectivity index (χ1n) is 9.20. The van der Waals surface area contributed by atoms with Crippen molar-refractivity contribution in [3.05, 3.63) is 59.2 Å². The molecule has 1 aliphatic rings. The summed E-state index contributed by atoms with van der Waals surface area (Å²) in [7, 11) is 1.76. The van der Waals surface area contributed by atoms with Gasteiger partial charge in [-0.25, -0.2) is 0 Å². The van der Waals surface area contributed by atoms with Gasteiger partial charge in [0.15, 0.2) is 5.96 Å². The molecule has 0 saturated carbocycles. The second-order valence-corrected chi connectivity index (χ2v) is 6.49. The van der Waals surface area contributed by atoms with Crippen molar-refractivity contribution in [3.8, 4) is 5.75 Å². The van der Waals surface area contributed by atoms with Crippen LogP contribution in [-0.4, -0.2) is 32.1 Å². The van der Waals surface area contributed by atoms with Crippen LogP contribution in [0.1, 0.15) is 23.1 Å². The van der Waals surface area contributed by atoms with Gasteiger partial charge >= 0.3 is 0 Å². The SMILES string of the molecule is CN=C(NCCOc1ccc2c(c1)CCC(=O)N2)NCc1ccccc1C.I. The van der Waals surface area contributed by atoms with Gasteiger partial charge in [-0.1, -0.05) is 24.3 Å². The number of aliphatic imine (C=N–C) groups is 1. The molecule has 2 aromatic rings. The number of fused-ring (bicyclic) bond motifs is 1. The average molecular weight is 494 g/mol. The Labute approximate surface area is 183 Å². The van der Waals surface area contributed by atoms with Crippen LogP contribution in [0.5, 0.6) is 5.75 Å². The van der Waals surface area contributed by atoms with Gasteiger partial charge in [-0.15, -0.1) is 24.0 Å². The maximum Gasteiger partial charge on any atom is 0.224 e. The number of hydrogen-bond donors (Lipinski definition) is 3. The number of hydrogen-bond acceptors (Lipinski definition) is 3. The fourth-order valence-corrected chi connectivity index (χ4v) is 3.00. The van der Waals surface area contributed by atoms with Gasteiger partial charge in [0.2, 0.25) is 5.91 Å². The zero-order chi connectivity index (χ0) is 19.1. The van der Waals surface area contributed by atoms with E-state index in [0.717, 1.165) is 35.9 Å². The third-order valence-corrected chi connectivity index (χ3v) is 4.57. The molecule has 6 nitrogen and oxygen atoms in total. The average Bonchev–Trinajstić information content (AvgIpc) is 2.68. The van der Waals surface area contributed by atoms with Crippen LogP contribution < -0.4 is 20.7 Å². The molecule has 0 radical (unpaired) electrons. The highest BCUT2D eigenvalue weighted by molar-refractivity contribution is 14.0. The number of nitrogens with zero attached hydrogens (tertiary/aromatic N) is 1. The molecule has 1 amide bonds. The van der Waals surface area contributed by atoms with E-state index >= 15 is 0 Å². The minimum atomic E-state index is 0. The van der Waals surface area contributed by atoms with Gasteiger partial charge in [-0.05, 0) is 48.2 Å². The molecule has 7 heteroatoms. The molecule has 3 N–H and O–H groups in total. The lowest BCUT2D eigenvalue weighted by Crippen LogP contribution is -2.39. The van der Waals surface area contributed by atoms with Crippen LogP contribution >= 0.6 is 24.0 Å². The summed E-state index contributed by atoms with van der Waals surface area (Å²) in [5.74, 6) is 1.63. The Morgan fingerprint density at radius 3 is 2.79 bits per heavy atom. The summed E-state index contributed by atoms with van der Waals surface area (Å²) in [6.45, 7) is 3.99. The van der Waals surface area contributed by atoms with E-state index in [0.29, 0.717) is 19.6 Å². The maximum absolute atomic E-state index is 11.4. The second kappa shape index (κ2) is 10.9. The quantitative estimate of drug-likeness (QED) is 0.250. The van der Waals surface area contributed by atoms with E-state index in [9.17, 15) is 4.79 Å². The molecule has 3 rings (SSSR count). The van der Waals surface area contributed by atoms with E-state index in [-0.39, 0.29) is 29.9 Å². The molecule has 0 aromatic heterocycles. The van der Waals surface area contributed by atoms with Gasteiger partial charge < -0.3 is 20.7 Å². The molecule has 0 atom stereocenters. The Hall–Kier alpha value is -2.29. The van der Waals surface area contributed by atoms with Crippen LogP contribution in [0.3, 0.4) is 0 Å². The van der Waals surface area contributed by atoms with E-state index in [2.05, 4.69) is 40.0 Å². The van der Waals surface area contributed by atoms with Crippen LogP contribution in [0.2, 0.25) is 0 Å². The van der Waals surface area contributed by atoms with Crippen molar-refractivity contribution in [2.45, 2.75) is 26.3 Å². The molecule has 0 aliphatic carbocycles. The maximum atomic E-state index is 11.4. The topological polar surface area (TPSA) is 74.8 Å². The Bertz CT molecular complexity index is 839. The van der Waals surface area contributed by atoms with Crippen molar-refractivity contribution >= 4 is 41.5 Å². The normalized spacial score (nSPS) is 13.1. The highest BCUT2D eigenvalue weighted by Gasteiger charge is 2.14. The summed E-state index contributed by atoms with van der Waals surface area (Å²) in [4.78, 5) is 15.6. The number of guanidine groups is 1. The van der Waals surface area contributed by atoms with Crippen molar-refractivity contribution < 1.29 is 9.53 Å². The summed E-state index contributed by atoms with van der Waals surface area (Å²) in [6.07, 6.45) is 1.28. The zero-order valence-corrected chi connectivity index (χ0v) is 18.6. The molecular weight excluding hydrogens is 467 g/mol. The number of aryl methyl sites for hydroxylation is 2. The molecule has 0 unspecified atom stereocenters. The molecule has 150 valence electrons. The lowest BCUT2D eigenvalue weighted by atomic mass is 10.0. The highest BCUT2D eigenvalue weighted by atomic mass is 127. The summed E-state index contributed by atoms with van der Waals surface area (Å²) >= 11 is 0. The first-order valence-corrected chi connectivity index (χ1v) is 9.20. The van der Waals surface area contributed by atoms with Gasteiger partial charge in [0.05, 0.1) is 6.54 Å². The van der Waals surface area contributed by atoms with Gasteiger partial charge in [-0.3, -0.25) is 9.79 Å². The molecule has 28 heavy (non-hydrogen) atoms. The van der Waals surface area contributed by atoms with Crippen molar-refractivity contribution in [1.29, 1.82) is 0 Å². The number of carbonyl (C=O) groups is 1. The number of halogens is 1. The van der Waals surface area contributed by atoms with Crippen molar-refractivity contribution in [1.82, 2.24) is 10.6 Å². The summed E-state index contributed by atoms with van der Waals surface area (Å²) in [6, 6.07) is 14.1. The summed E-state index contributed by atoms with van der Waals surface area (Å²) in [5, 5.41) is 9.45. The summed E-state index contributed by atoms with van der Waals surface area (Å²) in [5.41, 5.74) is 4.51. The largest absolute Gasteiger partial charge is 0.492 e. The van der Waals surface area contributed by atoms with E-state index in [1.807, 2.05) is 30.3 Å².